The van der Waals surface area contributed by atoms with Gasteiger partial charge in [-0.3, -0.25) is 4.79 Å². The Labute approximate surface area is 182 Å². The fraction of sp³-hybridized carbons (Fsp3) is 0.211. The van der Waals surface area contributed by atoms with E-state index < -0.39 is 5.25 Å². The molecular formula is C19H19Cl2N5O2S. The number of nitrogens with zero attached hydrogens (tertiary/aromatic N) is 3. The maximum Gasteiger partial charge on any atom is 0.233 e. The molecule has 0 aliphatic carbocycles. The first-order chi connectivity index (χ1) is 13.9. The van der Waals surface area contributed by atoms with Crippen molar-refractivity contribution in [2.45, 2.75) is 23.9 Å². The van der Waals surface area contributed by atoms with Gasteiger partial charge < -0.3 is 15.9 Å². The normalized spacial score (nSPS) is 11.9. The van der Waals surface area contributed by atoms with Gasteiger partial charge in [0.1, 0.15) is 5.75 Å². The van der Waals surface area contributed by atoms with E-state index in [0.29, 0.717) is 33.1 Å². The minimum atomic E-state index is -0.428. The topological polar surface area (TPSA) is 95.1 Å². The van der Waals surface area contributed by atoms with Crippen molar-refractivity contribution in [3.05, 3.63) is 58.1 Å². The summed E-state index contributed by atoms with van der Waals surface area (Å²) in [6.45, 7) is 2.18. The highest BCUT2D eigenvalue weighted by Gasteiger charge is 2.21. The van der Waals surface area contributed by atoms with E-state index in [4.69, 9.17) is 33.8 Å². The molecule has 3 rings (SSSR count). The number of rotatable bonds is 7. The molecule has 3 aromatic rings. The molecule has 0 saturated heterocycles. The number of nitrogen functional groups attached to an aromatic ring is 1. The molecule has 0 aliphatic heterocycles. The van der Waals surface area contributed by atoms with E-state index in [9.17, 15) is 4.79 Å². The fourth-order valence-electron chi connectivity index (χ4n) is 2.50. The second-order valence-corrected chi connectivity index (χ2v) is 8.28. The number of nitrogens with two attached hydrogens (primary N) is 1. The second kappa shape index (κ2) is 9.39. The number of hydrogen-bond acceptors (Lipinski definition) is 6. The maximum absolute atomic E-state index is 12.4. The van der Waals surface area contributed by atoms with Crippen molar-refractivity contribution in [3.63, 3.8) is 0 Å². The van der Waals surface area contributed by atoms with E-state index in [0.717, 1.165) is 11.3 Å². The Kier molecular flexibility index (Phi) is 6.89. The van der Waals surface area contributed by atoms with Gasteiger partial charge in [0.05, 0.1) is 17.4 Å². The molecule has 0 spiro atoms. The van der Waals surface area contributed by atoms with Crippen molar-refractivity contribution >= 4 is 40.9 Å². The number of halogens is 2. The summed E-state index contributed by atoms with van der Waals surface area (Å²) in [5.74, 6) is 7.11. The second-order valence-electron chi connectivity index (χ2n) is 6.13. The first-order valence-corrected chi connectivity index (χ1v) is 10.3. The molecule has 1 aromatic heterocycles. The summed E-state index contributed by atoms with van der Waals surface area (Å²) in [5, 5.41) is 12.0. The van der Waals surface area contributed by atoms with E-state index >= 15 is 0 Å². The Morgan fingerprint density at radius 3 is 2.66 bits per heavy atom. The monoisotopic (exact) mass is 451 g/mol. The highest BCUT2D eigenvalue weighted by Crippen LogP contribution is 2.31. The molecule has 0 aliphatic rings. The summed E-state index contributed by atoms with van der Waals surface area (Å²) < 4.78 is 6.43. The van der Waals surface area contributed by atoms with Crippen LogP contribution in [0.25, 0.3) is 11.4 Å². The molecule has 0 bridgehead atoms. The standard InChI is InChI=1S/C19H19Cl2N5O2S/c1-11(18(27)23-10-12-3-6-14(28-2)7-4-12)29-19-25-24-17(26(19)22)15-9-13(20)5-8-16(15)21/h3-9,11H,10,22H2,1-2H3,(H,23,27). The van der Waals surface area contributed by atoms with Gasteiger partial charge in [-0.25, -0.2) is 4.68 Å². The van der Waals surface area contributed by atoms with Crippen molar-refractivity contribution in [2.75, 3.05) is 13.0 Å². The quantitative estimate of drug-likeness (QED) is 0.419. The lowest BCUT2D eigenvalue weighted by Crippen LogP contribution is -2.30. The third-order valence-electron chi connectivity index (χ3n) is 4.11. The summed E-state index contributed by atoms with van der Waals surface area (Å²) in [6.07, 6.45) is 0. The van der Waals surface area contributed by atoms with Crippen molar-refractivity contribution in [1.82, 2.24) is 20.2 Å². The highest BCUT2D eigenvalue weighted by atomic mass is 35.5. The number of ether oxygens (including phenoxy) is 1. The van der Waals surface area contributed by atoms with E-state index in [1.165, 1.54) is 16.4 Å². The molecule has 0 fully saturated rings. The average Bonchev–Trinajstić information content (AvgIpc) is 3.08. The third kappa shape index (κ3) is 5.14. The number of hydrogen-bond donors (Lipinski definition) is 2. The van der Waals surface area contributed by atoms with Crippen LogP contribution in [0.2, 0.25) is 10.0 Å². The maximum atomic E-state index is 12.4. The zero-order valence-corrected chi connectivity index (χ0v) is 18.1. The summed E-state index contributed by atoms with van der Waals surface area (Å²) >= 11 is 13.4. The van der Waals surface area contributed by atoms with Crippen LogP contribution in [-0.2, 0) is 11.3 Å². The van der Waals surface area contributed by atoms with E-state index in [1.807, 2.05) is 24.3 Å². The van der Waals surface area contributed by atoms with Gasteiger partial charge in [0.15, 0.2) is 5.82 Å². The van der Waals surface area contributed by atoms with Gasteiger partial charge in [-0.15, -0.1) is 10.2 Å². The van der Waals surface area contributed by atoms with Gasteiger partial charge in [0, 0.05) is 17.1 Å². The Hall–Kier alpha value is -2.42. The number of nitrogens with one attached hydrogen (secondary N) is 1. The SMILES string of the molecule is COc1ccc(CNC(=O)C(C)Sc2nnc(-c3cc(Cl)ccc3Cl)n2N)cc1. The molecule has 152 valence electrons. The van der Waals surface area contributed by atoms with Crippen LogP contribution in [0.3, 0.4) is 0 Å². The lowest BCUT2D eigenvalue weighted by Gasteiger charge is -2.12. The van der Waals surface area contributed by atoms with E-state index in [-0.39, 0.29) is 5.91 Å². The Bertz CT molecular complexity index is 1010. The number of aromatic nitrogens is 3. The summed E-state index contributed by atoms with van der Waals surface area (Å²) in [5.41, 5.74) is 1.54. The first kappa shape index (κ1) is 21.3. The Morgan fingerprint density at radius 2 is 1.97 bits per heavy atom. The molecule has 1 atom stereocenters. The minimum Gasteiger partial charge on any atom is -0.497 e. The molecule has 7 nitrogen and oxygen atoms in total. The number of thioether (sulfide) groups is 1. The van der Waals surface area contributed by atoms with Crippen LogP contribution >= 0.6 is 35.0 Å². The smallest absolute Gasteiger partial charge is 0.233 e. The summed E-state index contributed by atoms with van der Waals surface area (Å²) in [4.78, 5) is 12.4. The molecule has 29 heavy (non-hydrogen) atoms. The van der Waals surface area contributed by atoms with Gasteiger partial charge in [-0.2, -0.15) is 0 Å². The van der Waals surface area contributed by atoms with Gasteiger partial charge in [-0.1, -0.05) is 47.1 Å². The van der Waals surface area contributed by atoms with Crippen molar-refractivity contribution in [3.8, 4) is 17.1 Å². The molecule has 3 N–H and O–H groups in total. The van der Waals surface area contributed by atoms with E-state index in [2.05, 4.69) is 15.5 Å². The van der Waals surface area contributed by atoms with Crippen LogP contribution in [0.1, 0.15) is 12.5 Å². The lowest BCUT2D eigenvalue weighted by atomic mass is 10.2. The van der Waals surface area contributed by atoms with Crippen LogP contribution in [0.4, 0.5) is 0 Å². The van der Waals surface area contributed by atoms with E-state index in [1.54, 1.807) is 32.2 Å². The van der Waals surface area contributed by atoms with Crippen molar-refractivity contribution in [1.29, 1.82) is 0 Å². The molecule has 1 unspecified atom stereocenters. The number of carbonyl (C=O) groups is 1. The van der Waals surface area contributed by atoms with Crippen LogP contribution in [0.15, 0.2) is 47.6 Å². The minimum absolute atomic E-state index is 0.142. The highest BCUT2D eigenvalue weighted by molar-refractivity contribution is 8.00. The Balaban J connectivity index is 1.64. The average molecular weight is 452 g/mol. The molecular weight excluding hydrogens is 433 g/mol. The number of amides is 1. The van der Waals surface area contributed by atoms with Gasteiger partial charge in [-0.05, 0) is 42.8 Å². The van der Waals surface area contributed by atoms with Crippen LogP contribution < -0.4 is 15.9 Å². The van der Waals surface area contributed by atoms with Crippen LogP contribution in [-0.4, -0.2) is 33.1 Å². The van der Waals surface area contributed by atoms with Crippen LogP contribution in [0, 0.1) is 0 Å². The lowest BCUT2D eigenvalue weighted by molar-refractivity contribution is -0.120. The van der Waals surface area contributed by atoms with Crippen LogP contribution in [0.5, 0.6) is 5.75 Å². The zero-order valence-electron chi connectivity index (χ0n) is 15.7. The molecule has 10 heteroatoms. The first-order valence-electron chi connectivity index (χ1n) is 8.62. The predicted molar refractivity (Wildman–Crippen MR) is 116 cm³/mol. The zero-order chi connectivity index (χ0) is 21.0. The van der Waals surface area contributed by atoms with Gasteiger partial charge >= 0.3 is 0 Å². The number of carbonyl (C=O) groups excluding carboxylic acids is 1. The van der Waals surface area contributed by atoms with Gasteiger partial charge in [0.25, 0.3) is 0 Å². The van der Waals surface area contributed by atoms with Gasteiger partial charge in [0.2, 0.25) is 11.1 Å². The number of methoxy groups -OCH3 is 1. The molecule has 0 radical (unpaired) electrons. The molecule has 1 amide bonds. The number of benzene rings is 2. The van der Waals surface area contributed by atoms with Crippen molar-refractivity contribution in [2.24, 2.45) is 0 Å². The third-order valence-corrected chi connectivity index (χ3v) is 5.73. The largest absolute Gasteiger partial charge is 0.497 e. The Morgan fingerprint density at radius 1 is 1.24 bits per heavy atom. The molecule has 0 saturated carbocycles. The summed E-state index contributed by atoms with van der Waals surface area (Å²) in [6, 6.07) is 12.5. The van der Waals surface area contributed by atoms with Crippen molar-refractivity contribution < 1.29 is 9.53 Å². The fourth-order valence-corrected chi connectivity index (χ4v) is 3.67. The molecule has 1 heterocycles. The summed E-state index contributed by atoms with van der Waals surface area (Å²) in [7, 11) is 1.61. The molecule has 2 aromatic carbocycles. The predicted octanol–water partition coefficient (Wildman–Crippen LogP) is 3.77.